The third-order valence-electron chi connectivity index (χ3n) is 3.27. The summed E-state index contributed by atoms with van der Waals surface area (Å²) in [4.78, 5) is 0. The Morgan fingerprint density at radius 2 is 2.31 bits per heavy atom. The number of alkyl halides is 1. The highest BCUT2D eigenvalue weighted by Crippen LogP contribution is 2.36. The van der Waals surface area contributed by atoms with Gasteiger partial charge >= 0.3 is 0 Å². The highest BCUT2D eigenvalue weighted by atomic mass is 79.9. The summed E-state index contributed by atoms with van der Waals surface area (Å²) >= 11 is 7.24. The van der Waals surface area contributed by atoms with Gasteiger partial charge in [-0.3, -0.25) is 4.68 Å². The first-order valence-corrected chi connectivity index (χ1v) is 7.31. The molecule has 1 aliphatic heterocycles. The van der Waals surface area contributed by atoms with Crippen LogP contribution in [-0.4, -0.2) is 28.3 Å². The molecule has 0 aromatic carbocycles. The van der Waals surface area contributed by atoms with Gasteiger partial charge in [0.05, 0.1) is 22.5 Å². The third kappa shape index (κ3) is 2.22. The van der Waals surface area contributed by atoms with Crippen LogP contribution in [0.5, 0.6) is 0 Å². The summed E-state index contributed by atoms with van der Waals surface area (Å²) in [7, 11) is 2.00. The molecule has 5 heteroatoms. The fourth-order valence-corrected chi connectivity index (χ4v) is 3.29. The van der Waals surface area contributed by atoms with Gasteiger partial charge < -0.3 is 4.74 Å². The van der Waals surface area contributed by atoms with E-state index in [-0.39, 0.29) is 5.41 Å². The van der Waals surface area contributed by atoms with Crippen molar-refractivity contribution in [2.45, 2.75) is 19.8 Å². The Morgan fingerprint density at radius 1 is 1.56 bits per heavy atom. The topological polar surface area (TPSA) is 27.1 Å². The molecule has 0 spiro atoms. The number of aromatic nitrogens is 2. The van der Waals surface area contributed by atoms with Crippen molar-refractivity contribution in [3.05, 3.63) is 15.9 Å². The minimum absolute atomic E-state index is 0.239. The van der Waals surface area contributed by atoms with Gasteiger partial charge in [-0.05, 0) is 35.7 Å². The van der Waals surface area contributed by atoms with Crippen LogP contribution >= 0.6 is 31.9 Å². The molecule has 3 nitrogen and oxygen atoms in total. The van der Waals surface area contributed by atoms with E-state index in [1.54, 1.807) is 0 Å². The molecule has 1 aliphatic rings. The van der Waals surface area contributed by atoms with Crippen LogP contribution in [0.4, 0.5) is 0 Å². The Balaban J connectivity index is 2.25. The van der Waals surface area contributed by atoms with E-state index in [0.29, 0.717) is 0 Å². The van der Waals surface area contributed by atoms with Gasteiger partial charge in [0, 0.05) is 24.4 Å². The first-order chi connectivity index (χ1) is 7.58. The molecule has 1 unspecified atom stereocenters. The molecule has 2 heterocycles. The standard InChI is InChI=1S/C11H16Br2N2O/c1-8-10(13)9(15(2)14-8)5-11(6-12)3-4-16-7-11/h3-7H2,1-2H3. The Labute approximate surface area is 113 Å². The molecule has 0 saturated carbocycles. The Kier molecular flexibility index (Phi) is 3.76. The lowest BCUT2D eigenvalue weighted by Crippen LogP contribution is -2.27. The highest BCUT2D eigenvalue weighted by molar-refractivity contribution is 9.10. The summed E-state index contributed by atoms with van der Waals surface area (Å²) in [6.07, 6.45) is 2.13. The molecule has 1 atom stereocenters. The monoisotopic (exact) mass is 350 g/mol. The normalized spacial score (nSPS) is 25.2. The number of nitrogens with zero attached hydrogens (tertiary/aromatic N) is 2. The SMILES string of the molecule is Cc1nn(C)c(CC2(CBr)CCOC2)c1Br. The average Bonchev–Trinajstić information content (AvgIpc) is 2.81. The van der Waals surface area contributed by atoms with Gasteiger partial charge in [-0.1, -0.05) is 15.9 Å². The molecule has 1 saturated heterocycles. The smallest absolute Gasteiger partial charge is 0.0738 e. The van der Waals surface area contributed by atoms with Crippen LogP contribution in [0.15, 0.2) is 4.47 Å². The lowest BCUT2D eigenvalue weighted by molar-refractivity contribution is 0.161. The lowest BCUT2D eigenvalue weighted by Gasteiger charge is -2.24. The molecule has 90 valence electrons. The zero-order chi connectivity index (χ0) is 11.8. The van der Waals surface area contributed by atoms with Crippen LogP contribution in [0.25, 0.3) is 0 Å². The molecular formula is C11H16Br2N2O. The van der Waals surface area contributed by atoms with Gasteiger partial charge in [-0.2, -0.15) is 5.10 Å². The largest absolute Gasteiger partial charge is 0.381 e. The number of hydrogen-bond donors (Lipinski definition) is 0. The molecule has 0 N–H and O–H groups in total. The lowest BCUT2D eigenvalue weighted by atomic mass is 9.85. The molecule has 0 aliphatic carbocycles. The minimum atomic E-state index is 0.239. The summed E-state index contributed by atoms with van der Waals surface area (Å²) in [5, 5.41) is 5.41. The maximum absolute atomic E-state index is 5.54. The highest BCUT2D eigenvalue weighted by Gasteiger charge is 2.35. The van der Waals surface area contributed by atoms with Crippen molar-refractivity contribution < 1.29 is 4.74 Å². The van der Waals surface area contributed by atoms with E-state index < -0.39 is 0 Å². The van der Waals surface area contributed by atoms with Crippen molar-refractivity contribution in [1.29, 1.82) is 0 Å². The van der Waals surface area contributed by atoms with E-state index in [2.05, 4.69) is 37.0 Å². The number of rotatable bonds is 3. The van der Waals surface area contributed by atoms with E-state index >= 15 is 0 Å². The second kappa shape index (κ2) is 4.78. The molecule has 16 heavy (non-hydrogen) atoms. The molecule has 1 fully saturated rings. The van der Waals surface area contributed by atoms with Crippen LogP contribution in [0.1, 0.15) is 17.8 Å². The van der Waals surface area contributed by atoms with Gasteiger partial charge in [-0.15, -0.1) is 0 Å². The van der Waals surface area contributed by atoms with Crippen molar-refractivity contribution in [3.63, 3.8) is 0 Å². The predicted molar refractivity (Wildman–Crippen MR) is 71.0 cm³/mol. The van der Waals surface area contributed by atoms with Gasteiger partial charge in [-0.25, -0.2) is 0 Å². The molecular weight excluding hydrogens is 336 g/mol. The molecule has 1 aromatic heterocycles. The molecule has 1 aromatic rings. The van der Waals surface area contributed by atoms with Crippen LogP contribution in [0.3, 0.4) is 0 Å². The van der Waals surface area contributed by atoms with Crippen LogP contribution in [0, 0.1) is 12.3 Å². The van der Waals surface area contributed by atoms with Gasteiger partial charge in [0.25, 0.3) is 0 Å². The summed E-state index contributed by atoms with van der Waals surface area (Å²) in [6, 6.07) is 0. The number of hydrogen-bond acceptors (Lipinski definition) is 2. The second-order valence-electron chi connectivity index (χ2n) is 4.58. The van der Waals surface area contributed by atoms with Crippen molar-refractivity contribution in [2.75, 3.05) is 18.5 Å². The minimum Gasteiger partial charge on any atom is -0.381 e. The number of ether oxygens (including phenoxy) is 1. The maximum atomic E-state index is 5.54. The van der Waals surface area contributed by atoms with Crippen LogP contribution in [0.2, 0.25) is 0 Å². The van der Waals surface area contributed by atoms with Gasteiger partial charge in [0.15, 0.2) is 0 Å². The predicted octanol–water partition coefficient (Wildman–Crippen LogP) is 2.84. The quantitative estimate of drug-likeness (QED) is 0.783. The Hall–Kier alpha value is 0.130. The van der Waals surface area contributed by atoms with Gasteiger partial charge in [0.2, 0.25) is 0 Å². The van der Waals surface area contributed by atoms with E-state index in [9.17, 15) is 0 Å². The first-order valence-electron chi connectivity index (χ1n) is 5.40. The van der Waals surface area contributed by atoms with Gasteiger partial charge in [0.1, 0.15) is 0 Å². The van der Waals surface area contributed by atoms with Crippen molar-refractivity contribution in [3.8, 4) is 0 Å². The number of aryl methyl sites for hydroxylation is 2. The van der Waals surface area contributed by atoms with Crippen LogP contribution in [-0.2, 0) is 18.2 Å². The van der Waals surface area contributed by atoms with E-state index in [1.165, 1.54) is 5.69 Å². The molecule has 0 radical (unpaired) electrons. The van der Waals surface area contributed by atoms with E-state index in [4.69, 9.17) is 4.74 Å². The third-order valence-corrected chi connectivity index (χ3v) is 5.49. The van der Waals surface area contributed by atoms with Crippen molar-refractivity contribution in [2.24, 2.45) is 12.5 Å². The molecule has 0 bridgehead atoms. The summed E-state index contributed by atoms with van der Waals surface area (Å²) in [5.74, 6) is 0. The molecule has 2 rings (SSSR count). The Bertz CT molecular complexity index is 384. The second-order valence-corrected chi connectivity index (χ2v) is 5.94. The summed E-state index contributed by atoms with van der Waals surface area (Å²) < 4.78 is 8.65. The fraction of sp³-hybridized carbons (Fsp3) is 0.727. The van der Waals surface area contributed by atoms with Crippen molar-refractivity contribution >= 4 is 31.9 Å². The zero-order valence-corrected chi connectivity index (χ0v) is 12.8. The average molecular weight is 352 g/mol. The zero-order valence-electron chi connectivity index (χ0n) is 9.59. The van der Waals surface area contributed by atoms with E-state index in [1.807, 2.05) is 18.7 Å². The van der Waals surface area contributed by atoms with Crippen LogP contribution < -0.4 is 0 Å². The number of halogens is 2. The molecule has 0 amide bonds. The van der Waals surface area contributed by atoms with E-state index in [0.717, 1.165) is 41.6 Å². The first kappa shape index (κ1) is 12.6. The summed E-state index contributed by atoms with van der Waals surface area (Å²) in [6.45, 7) is 3.74. The maximum Gasteiger partial charge on any atom is 0.0738 e. The summed E-state index contributed by atoms with van der Waals surface area (Å²) in [5.41, 5.74) is 2.56. The fourth-order valence-electron chi connectivity index (χ4n) is 2.17. The van der Waals surface area contributed by atoms with Crippen molar-refractivity contribution in [1.82, 2.24) is 9.78 Å². The Morgan fingerprint density at radius 3 is 2.75 bits per heavy atom.